The number of esters is 2. The topological polar surface area (TPSA) is 221 Å². The fourth-order valence-electron chi connectivity index (χ4n) is 6.96. The van der Waals surface area contributed by atoms with Gasteiger partial charge in [0.15, 0.2) is 0 Å². The number of ketones is 1. The second kappa shape index (κ2) is 25.1. The number of amides is 3. The zero-order chi connectivity index (χ0) is 46.1. The Labute approximate surface area is 363 Å². The normalized spacial score (nSPS) is 27.5. The van der Waals surface area contributed by atoms with Crippen LogP contribution in [0.2, 0.25) is 0 Å². The molecule has 3 amide bonds. The molecule has 16 heteroatoms. The molecule has 1 fully saturated rings. The minimum atomic E-state index is -1.45. The van der Waals surface area contributed by atoms with Crippen LogP contribution in [0.15, 0.2) is 66.3 Å². The Morgan fingerprint density at radius 3 is 2.40 bits per heavy atom. The number of hydrazine groups is 1. The number of aromatic hydroxyl groups is 1. The Hall–Kier alpha value is -5.19. The lowest BCUT2D eigenvalue weighted by Gasteiger charge is -2.36. The van der Waals surface area contributed by atoms with Crippen LogP contribution in [-0.4, -0.2) is 105 Å². The van der Waals surface area contributed by atoms with Crippen molar-refractivity contribution in [2.75, 3.05) is 13.2 Å². The van der Waals surface area contributed by atoms with E-state index >= 15 is 0 Å². The molecule has 2 aliphatic heterocycles. The number of fused-ring (bicyclic) bond motifs is 2. The summed E-state index contributed by atoms with van der Waals surface area (Å²) >= 11 is 0. The number of ether oxygens (including phenoxy) is 2. The second-order valence-electron chi connectivity index (χ2n) is 16.9. The molecule has 1 aromatic rings. The summed E-state index contributed by atoms with van der Waals surface area (Å²) in [4.78, 5) is 80.3. The van der Waals surface area contributed by atoms with Crippen LogP contribution in [0.5, 0.6) is 5.75 Å². The Kier molecular flexibility index (Phi) is 20.7. The number of aliphatic hydroxyl groups is 2. The number of nitrogens with zero attached hydrogens (tertiary/aromatic N) is 1. The van der Waals surface area contributed by atoms with E-state index in [1.807, 2.05) is 13.8 Å². The molecule has 342 valence electrons. The van der Waals surface area contributed by atoms with Crippen molar-refractivity contribution in [3.05, 3.63) is 77.7 Å². The Bertz CT molecular complexity index is 1820. The van der Waals surface area contributed by atoms with E-state index in [9.17, 15) is 48.5 Å². The third kappa shape index (κ3) is 16.6. The van der Waals surface area contributed by atoms with E-state index in [4.69, 9.17) is 9.47 Å². The third-order valence-electron chi connectivity index (χ3n) is 10.7. The van der Waals surface area contributed by atoms with Gasteiger partial charge in [-0.2, -0.15) is 0 Å². The molecular formula is C46H65FN4O11. The average Bonchev–Trinajstić information content (AvgIpc) is 3.21. The molecule has 0 spiro atoms. The average molecular weight is 869 g/mol. The molecule has 1 aromatic carbocycles. The van der Waals surface area contributed by atoms with Crippen molar-refractivity contribution in [3.63, 3.8) is 0 Å². The van der Waals surface area contributed by atoms with Gasteiger partial charge in [0.2, 0.25) is 11.8 Å². The molecule has 2 heterocycles. The van der Waals surface area contributed by atoms with Gasteiger partial charge in [-0.25, -0.2) is 14.6 Å². The molecule has 0 saturated carbocycles. The summed E-state index contributed by atoms with van der Waals surface area (Å²) in [7, 11) is 0. The number of aliphatic hydroxyl groups excluding tert-OH is 2. The number of nitrogens with one attached hydrogen (secondary N) is 3. The molecule has 3 rings (SSSR count). The number of allylic oxidation sites excluding steroid dienone is 4. The van der Waals surface area contributed by atoms with Crippen molar-refractivity contribution in [1.82, 2.24) is 21.1 Å². The SMILES string of the molecule is CC(=O)CC[C@H]1C(=O)N[C@@H](C(C)C)C(=O)N[C@@H](CCc2cc(O)cc(F)c2)C(=O)N2CCCC(N2)C(=O)O[C@H](/C(C)=C/C=C/C(=O)OCC(C)C)C/C=C/C=C/[C@H](O)[C@H](C)[C@H]1O. The molecule has 0 radical (unpaired) electrons. The van der Waals surface area contributed by atoms with Crippen molar-refractivity contribution >= 4 is 35.4 Å². The quantitative estimate of drug-likeness (QED) is 0.0996. The summed E-state index contributed by atoms with van der Waals surface area (Å²) in [5.41, 5.74) is 3.89. The number of phenolic OH excluding ortho intramolecular Hbond substituents is 1. The highest BCUT2D eigenvalue weighted by atomic mass is 19.1. The highest BCUT2D eigenvalue weighted by molar-refractivity contribution is 5.93. The van der Waals surface area contributed by atoms with Gasteiger partial charge in [0.1, 0.15) is 41.6 Å². The maximum Gasteiger partial charge on any atom is 0.330 e. The molecular weight excluding hydrogens is 804 g/mol. The predicted molar refractivity (Wildman–Crippen MR) is 229 cm³/mol. The summed E-state index contributed by atoms with van der Waals surface area (Å²) in [5.74, 6) is -7.02. The molecule has 8 atom stereocenters. The zero-order valence-electron chi connectivity index (χ0n) is 36.8. The minimum absolute atomic E-state index is 0.0404. The Balaban J connectivity index is 2.06. The highest BCUT2D eigenvalue weighted by Crippen LogP contribution is 2.24. The number of cyclic esters (lactones) is 1. The van der Waals surface area contributed by atoms with Gasteiger partial charge in [0.25, 0.3) is 5.91 Å². The molecule has 1 unspecified atom stereocenters. The maximum atomic E-state index is 14.3. The maximum absolute atomic E-state index is 14.3. The van der Waals surface area contributed by atoms with E-state index in [1.54, 1.807) is 52.0 Å². The van der Waals surface area contributed by atoms with Crippen LogP contribution < -0.4 is 16.1 Å². The third-order valence-corrected chi connectivity index (χ3v) is 10.7. The van der Waals surface area contributed by atoms with Gasteiger partial charge in [-0.1, -0.05) is 71.1 Å². The van der Waals surface area contributed by atoms with Gasteiger partial charge in [-0.15, -0.1) is 0 Å². The van der Waals surface area contributed by atoms with E-state index in [-0.39, 0.29) is 62.7 Å². The summed E-state index contributed by atoms with van der Waals surface area (Å²) < 4.78 is 25.4. The number of hydrogen-bond donors (Lipinski definition) is 6. The van der Waals surface area contributed by atoms with Gasteiger partial charge >= 0.3 is 11.9 Å². The van der Waals surface area contributed by atoms with Gasteiger partial charge < -0.3 is 40.2 Å². The lowest BCUT2D eigenvalue weighted by atomic mass is 9.84. The Morgan fingerprint density at radius 2 is 1.74 bits per heavy atom. The van der Waals surface area contributed by atoms with E-state index in [1.165, 1.54) is 42.3 Å². The fraction of sp³-hybridized carbons (Fsp3) is 0.565. The van der Waals surface area contributed by atoms with E-state index < -0.39 is 89.7 Å². The van der Waals surface area contributed by atoms with Crippen LogP contribution >= 0.6 is 0 Å². The lowest BCUT2D eigenvalue weighted by Crippen LogP contribution is -2.62. The Morgan fingerprint density at radius 1 is 1.02 bits per heavy atom. The monoisotopic (exact) mass is 868 g/mol. The number of carbonyl (C=O) groups is 6. The lowest BCUT2D eigenvalue weighted by molar-refractivity contribution is -0.156. The smallest absolute Gasteiger partial charge is 0.330 e. The number of rotatable bonds is 12. The molecule has 1 saturated heterocycles. The van der Waals surface area contributed by atoms with Crippen molar-refractivity contribution in [2.24, 2.45) is 23.7 Å². The number of halogens is 1. The summed E-state index contributed by atoms with van der Waals surface area (Å²) in [6.07, 6.45) is 7.87. The van der Waals surface area contributed by atoms with Crippen molar-refractivity contribution < 1.29 is 58.0 Å². The second-order valence-corrected chi connectivity index (χ2v) is 16.9. The van der Waals surface area contributed by atoms with Gasteiger partial charge in [-0.05, 0) is 81.1 Å². The van der Waals surface area contributed by atoms with E-state index in [2.05, 4.69) is 16.1 Å². The summed E-state index contributed by atoms with van der Waals surface area (Å²) in [5, 5.41) is 39.3. The van der Waals surface area contributed by atoms with Crippen LogP contribution in [0.4, 0.5) is 4.39 Å². The van der Waals surface area contributed by atoms with Crippen molar-refractivity contribution in [2.45, 2.75) is 130 Å². The van der Waals surface area contributed by atoms with Crippen LogP contribution in [0.25, 0.3) is 0 Å². The number of hydrogen-bond acceptors (Lipinski definition) is 12. The van der Waals surface area contributed by atoms with Crippen molar-refractivity contribution in [3.8, 4) is 5.75 Å². The molecule has 2 aliphatic rings. The number of benzene rings is 1. The summed E-state index contributed by atoms with van der Waals surface area (Å²) in [6, 6.07) is 0.00299. The zero-order valence-corrected chi connectivity index (χ0v) is 36.8. The van der Waals surface area contributed by atoms with Gasteiger partial charge in [0.05, 0.1) is 24.7 Å². The van der Waals surface area contributed by atoms with Crippen LogP contribution in [0.3, 0.4) is 0 Å². The first kappa shape index (κ1) is 51.2. The highest BCUT2D eigenvalue weighted by Gasteiger charge is 2.38. The van der Waals surface area contributed by atoms with Crippen molar-refractivity contribution in [1.29, 1.82) is 0 Å². The van der Waals surface area contributed by atoms with Crippen LogP contribution in [0, 0.1) is 29.5 Å². The first-order valence-corrected chi connectivity index (χ1v) is 21.3. The largest absolute Gasteiger partial charge is 0.508 e. The molecule has 0 aromatic heterocycles. The first-order valence-electron chi connectivity index (χ1n) is 21.3. The number of aryl methyl sites for hydroxylation is 1. The standard InChI is InChI=1S/C46H65FN4O11/c1-27(2)26-61-40(55)17-11-13-29(5)39-16-10-8-9-15-38(54)31(7)42(56)35(20-18-30(6)52)43(57)49-41(28(3)4)44(58)48-36(21-19-32-23-33(47)25-34(53)24-32)45(59)51-22-12-14-37(50-51)46(60)62-39/h8-11,13,15,17,23-25,27-28,31,35-39,41-42,50,53-54,56H,12,14,16,18-22,26H2,1-7H3,(H,48,58)(H,49,57)/b10-8+,15-9+,17-11+,29-13+/t31-,35+,36-,37?,38-,39-,41-,42+/m0/s1. The van der Waals surface area contributed by atoms with E-state index in [0.717, 1.165) is 6.07 Å². The molecule has 0 aliphatic carbocycles. The molecule has 62 heavy (non-hydrogen) atoms. The number of Topliss-reactive ketones (excluding diaryl/α,β-unsaturated/α-hetero) is 1. The summed E-state index contributed by atoms with van der Waals surface area (Å²) in [6.45, 7) is 12.2. The van der Waals surface area contributed by atoms with Gasteiger partial charge in [0, 0.05) is 37.4 Å². The first-order chi connectivity index (χ1) is 29.3. The van der Waals surface area contributed by atoms with E-state index in [0.29, 0.717) is 24.0 Å². The predicted octanol–water partition coefficient (Wildman–Crippen LogP) is 4.06. The number of phenols is 1. The van der Waals surface area contributed by atoms with Gasteiger partial charge in [-0.3, -0.25) is 24.2 Å². The minimum Gasteiger partial charge on any atom is -0.508 e. The van der Waals surface area contributed by atoms with Crippen LogP contribution in [-0.2, 0) is 44.7 Å². The fourth-order valence-corrected chi connectivity index (χ4v) is 6.96. The molecule has 6 N–H and O–H groups in total. The number of carbonyl (C=O) groups excluding carboxylic acids is 6. The van der Waals surface area contributed by atoms with Crippen LogP contribution in [0.1, 0.15) is 92.6 Å². The molecule has 2 bridgehead atoms. The molecule has 15 nitrogen and oxygen atoms in total.